The largest absolute Gasteiger partial charge is 0.381 e. The number of carbonyl (C=O) groups is 1. The van der Waals surface area contributed by atoms with Gasteiger partial charge < -0.3 is 14.5 Å². The minimum atomic E-state index is -1.14. The summed E-state index contributed by atoms with van der Waals surface area (Å²) in [5.74, 6) is -0.846. The van der Waals surface area contributed by atoms with Crippen molar-refractivity contribution in [2.45, 2.75) is 11.4 Å². The Morgan fingerprint density at radius 2 is 2.25 bits per heavy atom. The standard InChI is InChI=1S/C19H17BrFN5O2/c1-11-8-26-9-13(6-15(21)17(26)23-11)19(20,10-28-2)24-18(27)14-5-3-4-12-7-22-25-16(12)14/h3-9H,10H2,1-2H3,(H,22,25)(H,24,27). The SMILES string of the molecule is COCC(Br)(NC(=O)c1cccc2cn[nH]c12)c1cc(F)c2nc(C)cn2c1. The highest BCUT2D eigenvalue weighted by molar-refractivity contribution is 9.09. The van der Waals surface area contributed by atoms with Gasteiger partial charge in [0.05, 0.1) is 29.6 Å². The number of nitrogens with one attached hydrogen (secondary N) is 2. The van der Waals surface area contributed by atoms with Gasteiger partial charge in [-0.1, -0.05) is 28.1 Å². The van der Waals surface area contributed by atoms with E-state index < -0.39 is 10.3 Å². The van der Waals surface area contributed by atoms with Crippen molar-refractivity contribution in [2.75, 3.05) is 13.7 Å². The molecule has 9 heteroatoms. The number of rotatable bonds is 5. The van der Waals surface area contributed by atoms with Crippen LogP contribution in [0.25, 0.3) is 16.6 Å². The van der Waals surface area contributed by atoms with E-state index in [0.717, 1.165) is 5.39 Å². The first-order valence-electron chi connectivity index (χ1n) is 8.49. The Morgan fingerprint density at radius 3 is 3.04 bits per heavy atom. The summed E-state index contributed by atoms with van der Waals surface area (Å²) in [4.78, 5) is 17.2. The lowest BCUT2D eigenvalue weighted by molar-refractivity contribution is 0.0879. The lowest BCUT2D eigenvalue weighted by Crippen LogP contribution is -2.44. The minimum Gasteiger partial charge on any atom is -0.381 e. The molecule has 0 aliphatic heterocycles. The fraction of sp³-hybridized carbons (Fsp3) is 0.211. The van der Waals surface area contributed by atoms with Gasteiger partial charge in [-0.05, 0) is 19.1 Å². The first-order valence-corrected chi connectivity index (χ1v) is 9.28. The van der Waals surface area contributed by atoms with E-state index in [1.54, 1.807) is 42.0 Å². The number of ether oxygens (including phenoxy) is 1. The van der Waals surface area contributed by atoms with Crippen molar-refractivity contribution in [3.05, 3.63) is 65.5 Å². The first-order chi connectivity index (χ1) is 13.4. The Labute approximate surface area is 168 Å². The second-order valence-electron chi connectivity index (χ2n) is 6.52. The molecule has 1 unspecified atom stereocenters. The minimum absolute atomic E-state index is 0.0797. The summed E-state index contributed by atoms with van der Waals surface area (Å²) >= 11 is 3.55. The second kappa shape index (κ2) is 6.99. The zero-order valence-corrected chi connectivity index (χ0v) is 16.7. The van der Waals surface area contributed by atoms with Crippen LogP contribution in [0.3, 0.4) is 0 Å². The van der Waals surface area contributed by atoms with E-state index in [1.807, 2.05) is 6.07 Å². The van der Waals surface area contributed by atoms with Crippen molar-refractivity contribution in [1.82, 2.24) is 24.9 Å². The van der Waals surface area contributed by atoms with Crippen LogP contribution in [0.4, 0.5) is 4.39 Å². The van der Waals surface area contributed by atoms with Crippen molar-refractivity contribution < 1.29 is 13.9 Å². The van der Waals surface area contributed by atoms with Gasteiger partial charge in [0.15, 0.2) is 11.5 Å². The number of aromatic nitrogens is 4. The molecule has 0 aliphatic rings. The Bertz CT molecular complexity index is 1190. The van der Waals surface area contributed by atoms with Crippen LogP contribution in [0.1, 0.15) is 21.6 Å². The molecule has 1 atom stereocenters. The number of H-pyrrole nitrogens is 1. The maximum Gasteiger partial charge on any atom is 0.254 e. The first kappa shape index (κ1) is 18.6. The molecule has 3 heterocycles. The summed E-state index contributed by atoms with van der Waals surface area (Å²) < 4.78 is 20.3. The van der Waals surface area contributed by atoms with Crippen molar-refractivity contribution in [1.29, 1.82) is 0 Å². The van der Waals surface area contributed by atoms with Crippen LogP contribution in [0, 0.1) is 12.7 Å². The predicted octanol–water partition coefficient (Wildman–Crippen LogP) is 3.28. The topological polar surface area (TPSA) is 84.3 Å². The molecule has 0 radical (unpaired) electrons. The molecule has 1 amide bonds. The smallest absolute Gasteiger partial charge is 0.254 e. The number of halogens is 2. The average Bonchev–Trinajstić information content (AvgIpc) is 3.27. The third kappa shape index (κ3) is 3.16. The van der Waals surface area contributed by atoms with Crippen molar-refractivity contribution >= 4 is 38.4 Å². The number of amides is 1. The maximum absolute atomic E-state index is 14.6. The number of hydrogen-bond acceptors (Lipinski definition) is 4. The highest BCUT2D eigenvalue weighted by atomic mass is 79.9. The summed E-state index contributed by atoms with van der Waals surface area (Å²) in [7, 11) is 1.51. The molecule has 0 bridgehead atoms. The van der Waals surface area contributed by atoms with Gasteiger partial charge in [-0.25, -0.2) is 9.37 Å². The number of methoxy groups -OCH3 is 1. The highest BCUT2D eigenvalue weighted by Gasteiger charge is 2.33. The Kier molecular flexibility index (Phi) is 4.64. The van der Waals surface area contributed by atoms with E-state index in [9.17, 15) is 9.18 Å². The van der Waals surface area contributed by atoms with E-state index in [0.29, 0.717) is 22.3 Å². The van der Waals surface area contributed by atoms with Crippen LogP contribution in [0.15, 0.2) is 42.9 Å². The molecular weight excluding hydrogens is 429 g/mol. The van der Waals surface area contributed by atoms with E-state index >= 15 is 0 Å². The van der Waals surface area contributed by atoms with Crippen LogP contribution in [-0.4, -0.2) is 39.2 Å². The van der Waals surface area contributed by atoms with Gasteiger partial charge in [0, 0.05) is 30.5 Å². The number of para-hydroxylation sites is 1. The second-order valence-corrected chi connectivity index (χ2v) is 7.87. The monoisotopic (exact) mass is 445 g/mol. The maximum atomic E-state index is 14.6. The number of nitrogens with zero attached hydrogens (tertiary/aromatic N) is 3. The lowest BCUT2D eigenvalue weighted by atomic mass is 10.1. The van der Waals surface area contributed by atoms with Gasteiger partial charge in [-0.2, -0.15) is 5.10 Å². The molecule has 0 fully saturated rings. The molecule has 3 aromatic heterocycles. The Morgan fingerprint density at radius 1 is 1.43 bits per heavy atom. The number of aryl methyl sites for hydroxylation is 1. The lowest BCUT2D eigenvalue weighted by Gasteiger charge is -2.29. The fourth-order valence-corrected chi connectivity index (χ4v) is 3.82. The van der Waals surface area contributed by atoms with Crippen LogP contribution in [0.5, 0.6) is 0 Å². The third-order valence-electron chi connectivity index (χ3n) is 4.46. The number of alkyl halides is 1. The molecule has 0 aliphatic carbocycles. The Balaban J connectivity index is 1.75. The number of imidazole rings is 1. The fourth-order valence-electron chi connectivity index (χ4n) is 3.19. The van der Waals surface area contributed by atoms with Crippen LogP contribution in [-0.2, 0) is 9.19 Å². The van der Waals surface area contributed by atoms with E-state index in [1.165, 1.54) is 13.2 Å². The van der Waals surface area contributed by atoms with E-state index in [2.05, 4.69) is 36.4 Å². The number of fused-ring (bicyclic) bond motifs is 2. The van der Waals surface area contributed by atoms with Gasteiger partial charge in [0.1, 0.15) is 4.45 Å². The predicted molar refractivity (Wildman–Crippen MR) is 106 cm³/mol. The molecule has 1 aromatic carbocycles. The zero-order chi connectivity index (χ0) is 19.9. The highest BCUT2D eigenvalue weighted by Crippen LogP contribution is 2.31. The summed E-state index contributed by atoms with van der Waals surface area (Å²) in [6.45, 7) is 1.87. The molecule has 0 saturated carbocycles. The summed E-state index contributed by atoms with van der Waals surface area (Å²) in [5.41, 5.74) is 2.45. The van der Waals surface area contributed by atoms with Crippen molar-refractivity contribution in [2.24, 2.45) is 0 Å². The number of pyridine rings is 1. The van der Waals surface area contributed by atoms with Crippen molar-refractivity contribution in [3.63, 3.8) is 0 Å². The number of hydrogen-bond donors (Lipinski definition) is 2. The van der Waals surface area contributed by atoms with Gasteiger partial charge in [-0.15, -0.1) is 0 Å². The van der Waals surface area contributed by atoms with E-state index in [4.69, 9.17) is 4.74 Å². The average molecular weight is 446 g/mol. The molecule has 0 spiro atoms. The van der Waals surface area contributed by atoms with Crippen LogP contribution >= 0.6 is 15.9 Å². The van der Waals surface area contributed by atoms with Gasteiger partial charge >= 0.3 is 0 Å². The van der Waals surface area contributed by atoms with Gasteiger partial charge in [-0.3, -0.25) is 9.89 Å². The quantitative estimate of drug-likeness (QED) is 0.364. The number of aromatic amines is 1. The molecule has 7 nitrogen and oxygen atoms in total. The van der Waals surface area contributed by atoms with Crippen LogP contribution < -0.4 is 5.32 Å². The van der Waals surface area contributed by atoms with Crippen molar-refractivity contribution in [3.8, 4) is 0 Å². The van der Waals surface area contributed by atoms with Crippen LogP contribution in [0.2, 0.25) is 0 Å². The van der Waals surface area contributed by atoms with E-state index in [-0.39, 0.29) is 18.2 Å². The molecule has 2 N–H and O–H groups in total. The summed E-state index contributed by atoms with van der Waals surface area (Å²) in [5, 5.41) is 10.5. The van der Waals surface area contributed by atoms with Gasteiger partial charge in [0.25, 0.3) is 5.91 Å². The molecule has 144 valence electrons. The normalized spacial score (nSPS) is 13.7. The molecule has 0 saturated heterocycles. The summed E-state index contributed by atoms with van der Waals surface area (Å²) in [6, 6.07) is 6.67. The number of benzene rings is 1. The number of carbonyl (C=O) groups excluding carboxylic acids is 1. The molecular formula is C19H17BrFN5O2. The third-order valence-corrected chi connectivity index (χ3v) is 5.35. The zero-order valence-electron chi connectivity index (χ0n) is 15.2. The molecule has 28 heavy (non-hydrogen) atoms. The molecule has 4 aromatic rings. The summed E-state index contributed by atoms with van der Waals surface area (Å²) in [6.07, 6.45) is 5.08. The van der Waals surface area contributed by atoms with Gasteiger partial charge in [0.2, 0.25) is 0 Å². The molecule has 4 rings (SSSR count). The Hall–Kier alpha value is -2.78.